The number of hydrogen-bond acceptors (Lipinski definition) is 3. The van der Waals surface area contributed by atoms with Gasteiger partial charge in [0.15, 0.2) is 0 Å². The van der Waals surface area contributed by atoms with Gasteiger partial charge in [-0.2, -0.15) is 0 Å². The number of aliphatic hydroxyl groups is 1. The standard InChI is InChI=1S/C8H16O2S/c9-5-3-1-2-4-8-6-11-7-10-8/h8-9H,1-7H2. The van der Waals surface area contributed by atoms with Gasteiger partial charge in [0.2, 0.25) is 0 Å². The second kappa shape index (κ2) is 5.86. The Bertz CT molecular complexity index is 92.1. The minimum Gasteiger partial charge on any atom is -0.396 e. The largest absolute Gasteiger partial charge is 0.396 e. The molecule has 1 heterocycles. The summed E-state index contributed by atoms with van der Waals surface area (Å²) in [6.45, 7) is 0.334. The highest BCUT2D eigenvalue weighted by Crippen LogP contribution is 2.20. The van der Waals surface area contributed by atoms with Crippen LogP contribution in [0.1, 0.15) is 25.7 Å². The summed E-state index contributed by atoms with van der Waals surface area (Å²) in [4.78, 5) is 0. The van der Waals surface area contributed by atoms with Crippen LogP contribution in [0, 0.1) is 0 Å². The van der Waals surface area contributed by atoms with Crippen LogP contribution in [0.25, 0.3) is 0 Å². The van der Waals surface area contributed by atoms with E-state index in [4.69, 9.17) is 9.84 Å². The van der Waals surface area contributed by atoms with E-state index in [1.807, 2.05) is 11.8 Å². The average Bonchev–Trinajstić information content (AvgIpc) is 2.50. The van der Waals surface area contributed by atoms with Crippen molar-refractivity contribution in [3.05, 3.63) is 0 Å². The highest BCUT2D eigenvalue weighted by molar-refractivity contribution is 7.99. The summed E-state index contributed by atoms with van der Waals surface area (Å²) in [5.74, 6) is 2.05. The van der Waals surface area contributed by atoms with E-state index in [0.717, 1.165) is 18.8 Å². The normalized spacial score (nSPS) is 24.3. The zero-order chi connectivity index (χ0) is 7.94. The minimum atomic E-state index is 0.334. The first-order valence-corrected chi connectivity index (χ1v) is 5.39. The molecule has 1 rings (SSSR count). The Morgan fingerprint density at radius 2 is 2.27 bits per heavy atom. The molecule has 11 heavy (non-hydrogen) atoms. The van der Waals surface area contributed by atoms with Gasteiger partial charge in [0.05, 0.1) is 12.0 Å². The van der Waals surface area contributed by atoms with Crippen LogP contribution >= 0.6 is 11.8 Å². The molecule has 0 amide bonds. The topological polar surface area (TPSA) is 29.5 Å². The zero-order valence-electron chi connectivity index (χ0n) is 6.79. The molecule has 1 unspecified atom stereocenters. The molecule has 0 aliphatic carbocycles. The Balaban J connectivity index is 1.86. The Morgan fingerprint density at radius 1 is 1.36 bits per heavy atom. The van der Waals surface area contributed by atoms with E-state index in [2.05, 4.69) is 0 Å². The van der Waals surface area contributed by atoms with Gasteiger partial charge in [-0.25, -0.2) is 0 Å². The van der Waals surface area contributed by atoms with Crippen LogP contribution in [-0.4, -0.2) is 29.5 Å². The fourth-order valence-corrected chi connectivity index (χ4v) is 2.11. The molecule has 1 aliphatic rings. The van der Waals surface area contributed by atoms with E-state index >= 15 is 0 Å². The second-order valence-electron chi connectivity index (χ2n) is 2.85. The molecule has 1 fully saturated rings. The number of hydrogen-bond donors (Lipinski definition) is 1. The molecule has 0 radical (unpaired) electrons. The van der Waals surface area contributed by atoms with Crippen molar-refractivity contribution in [2.45, 2.75) is 31.8 Å². The van der Waals surface area contributed by atoms with Crippen molar-refractivity contribution in [2.24, 2.45) is 0 Å². The molecule has 0 spiro atoms. The summed E-state index contributed by atoms with van der Waals surface area (Å²) in [6.07, 6.45) is 4.96. The van der Waals surface area contributed by atoms with E-state index in [-0.39, 0.29) is 0 Å². The molecule has 2 nitrogen and oxygen atoms in total. The van der Waals surface area contributed by atoms with Gasteiger partial charge in [-0.3, -0.25) is 0 Å². The van der Waals surface area contributed by atoms with Gasteiger partial charge in [0, 0.05) is 12.4 Å². The lowest BCUT2D eigenvalue weighted by Crippen LogP contribution is -2.07. The molecule has 0 aromatic rings. The second-order valence-corrected chi connectivity index (χ2v) is 3.83. The van der Waals surface area contributed by atoms with Crippen LogP contribution in [-0.2, 0) is 4.74 Å². The number of ether oxygens (including phenoxy) is 1. The molecule has 0 bridgehead atoms. The molecular weight excluding hydrogens is 160 g/mol. The highest BCUT2D eigenvalue weighted by Gasteiger charge is 2.14. The Kier molecular flexibility index (Phi) is 4.99. The molecule has 1 atom stereocenters. The predicted molar refractivity (Wildman–Crippen MR) is 47.8 cm³/mol. The minimum absolute atomic E-state index is 0.334. The Labute approximate surface area is 72.3 Å². The molecule has 3 heteroatoms. The van der Waals surface area contributed by atoms with Crippen molar-refractivity contribution >= 4 is 11.8 Å². The first-order chi connectivity index (χ1) is 5.43. The maximum atomic E-state index is 8.52. The van der Waals surface area contributed by atoms with Crippen LogP contribution in [0.4, 0.5) is 0 Å². The third kappa shape index (κ3) is 3.99. The monoisotopic (exact) mass is 176 g/mol. The summed E-state index contributed by atoms with van der Waals surface area (Å²) in [5, 5.41) is 8.52. The van der Waals surface area contributed by atoms with E-state index in [9.17, 15) is 0 Å². The lowest BCUT2D eigenvalue weighted by molar-refractivity contribution is 0.114. The van der Waals surface area contributed by atoms with E-state index < -0.39 is 0 Å². The van der Waals surface area contributed by atoms with Gasteiger partial charge in [0.25, 0.3) is 0 Å². The third-order valence-electron chi connectivity index (χ3n) is 1.88. The molecule has 66 valence electrons. The van der Waals surface area contributed by atoms with Gasteiger partial charge >= 0.3 is 0 Å². The first kappa shape index (κ1) is 9.36. The summed E-state index contributed by atoms with van der Waals surface area (Å²) < 4.78 is 5.43. The molecule has 0 aromatic heterocycles. The molecule has 0 aromatic carbocycles. The molecular formula is C8H16O2S. The van der Waals surface area contributed by atoms with Gasteiger partial charge in [-0.05, 0) is 12.8 Å². The predicted octanol–water partition coefficient (Wildman–Crippen LogP) is 1.63. The van der Waals surface area contributed by atoms with Gasteiger partial charge in [-0.1, -0.05) is 12.8 Å². The van der Waals surface area contributed by atoms with Gasteiger partial charge in [-0.15, -0.1) is 11.8 Å². The smallest absolute Gasteiger partial charge is 0.0926 e. The van der Waals surface area contributed by atoms with Crippen LogP contribution in [0.15, 0.2) is 0 Å². The van der Waals surface area contributed by atoms with Gasteiger partial charge < -0.3 is 9.84 Å². The fourth-order valence-electron chi connectivity index (χ4n) is 1.20. The Morgan fingerprint density at radius 3 is 2.91 bits per heavy atom. The van der Waals surface area contributed by atoms with Crippen molar-refractivity contribution in [1.29, 1.82) is 0 Å². The lowest BCUT2D eigenvalue weighted by Gasteiger charge is -2.06. The summed E-state index contributed by atoms with van der Waals surface area (Å²) in [6, 6.07) is 0. The van der Waals surface area contributed by atoms with Gasteiger partial charge in [0.1, 0.15) is 0 Å². The number of aliphatic hydroxyl groups excluding tert-OH is 1. The summed E-state index contributed by atoms with van der Waals surface area (Å²) in [5.41, 5.74) is 0. The lowest BCUT2D eigenvalue weighted by atomic mass is 10.1. The van der Waals surface area contributed by atoms with Crippen molar-refractivity contribution in [2.75, 3.05) is 18.3 Å². The summed E-state index contributed by atoms with van der Waals surface area (Å²) >= 11 is 1.87. The number of thioether (sulfide) groups is 1. The van der Waals surface area contributed by atoms with Crippen molar-refractivity contribution in [1.82, 2.24) is 0 Å². The van der Waals surface area contributed by atoms with E-state index in [1.165, 1.54) is 18.6 Å². The average molecular weight is 176 g/mol. The molecule has 1 aliphatic heterocycles. The SMILES string of the molecule is OCCCCCC1CSCO1. The van der Waals surface area contributed by atoms with Crippen LogP contribution in [0.5, 0.6) is 0 Å². The van der Waals surface area contributed by atoms with E-state index in [0.29, 0.717) is 12.7 Å². The Hall–Kier alpha value is 0.270. The maximum absolute atomic E-state index is 8.52. The number of rotatable bonds is 5. The van der Waals surface area contributed by atoms with Crippen molar-refractivity contribution in [3.63, 3.8) is 0 Å². The van der Waals surface area contributed by atoms with E-state index in [1.54, 1.807) is 0 Å². The molecule has 1 saturated heterocycles. The van der Waals surface area contributed by atoms with Crippen molar-refractivity contribution < 1.29 is 9.84 Å². The first-order valence-electron chi connectivity index (χ1n) is 4.23. The maximum Gasteiger partial charge on any atom is 0.0926 e. The molecule has 0 saturated carbocycles. The highest BCUT2D eigenvalue weighted by atomic mass is 32.2. The fraction of sp³-hybridized carbons (Fsp3) is 1.00. The number of unbranched alkanes of at least 4 members (excludes halogenated alkanes) is 2. The zero-order valence-corrected chi connectivity index (χ0v) is 7.61. The van der Waals surface area contributed by atoms with Crippen LogP contribution in [0.3, 0.4) is 0 Å². The third-order valence-corrected chi connectivity index (χ3v) is 2.79. The van der Waals surface area contributed by atoms with Crippen molar-refractivity contribution in [3.8, 4) is 0 Å². The quantitative estimate of drug-likeness (QED) is 0.646. The molecule has 1 N–H and O–H groups in total. The van der Waals surface area contributed by atoms with Crippen LogP contribution in [0.2, 0.25) is 0 Å². The van der Waals surface area contributed by atoms with Crippen LogP contribution < -0.4 is 0 Å². The summed E-state index contributed by atoms with van der Waals surface area (Å²) in [7, 11) is 0.